The van der Waals surface area contributed by atoms with E-state index < -0.39 is 11.6 Å². The molecule has 1 unspecified atom stereocenters. The number of aliphatic hydroxyl groups excluding tert-OH is 1. The molecule has 2 saturated carbocycles. The third kappa shape index (κ3) is 4.51. The minimum atomic E-state index is -0.989. The maximum atomic E-state index is 10.8. The maximum Gasteiger partial charge on any atom is 0.321 e. The van der Waals surface area contributed by atoms with E-state index in [2.05, 4.69) is 52.5 Å². The maximum absolute atomic E-state index is 10.8. The molecule has 35 heavy (non-hydrogen) atoms. The monoisotopic (exact) mass is 475 g/mol. The Labute approximate surface area is 203 Å². The number of aromatic nitrogens is 6. The average Bonchev–Trinajstić information content (AvgIpc) is 3.54. The molecule has 3 aliphatic rings. The van der Waals surface area contributed by atoms with E-state index in [1.807, 2.05) is 6.07 Å². The Hall–Kier alpha value is -3.36. The van der Waals surface area contributed by atoms with Gasteiger partial charge in [0.2, 0.25) is 5.95 Å². The lowest BCUT2D eigenvalue weighted by Crippen LogP contribution is -2.39. The molecular weight excluding hydrogens is 446 g/mol. The Morgan fingerprint density at radius 2 is 2.06 bits per heavy atom. The zero-order valence-corrected chi connectivity index (χ0v) is 19.5. The molecule has 1 saturated heterocycles. The van der Waals surface area contributed by atoms with E-state index >= 15 is 0 Å². The van der Waals surface area contributed by atoms with Gasteiger partial charge in [-0.1, -0.05) is 6.42 Å². The fourth-order valence-electron chi connectivity index (χ4n) is 4.75. The summed E-state index contributed by atoms with van der Waals surface area (Å²) in [4.78, 5) is 20.0. The molecular formula is C24H29N9O2. The summed E-state index contributed by atoms with van der Waals surface area (Å²) in [5.74, 6) is 1.09. The molecule has 3 aromatic heterocycles. The van der Waals surface area contributed by atoms with Crippen LogP contribution in [-0.2, 0) is 0 Å². The second-order valence-electron chi connectivity index (χ2n) is 9.93. The van der Waals surface area contributed by atoms with Gasteiger partial charge in [0.05, 0.1) is 11.5 Å². The van der Waals surface area contributed by atoms with Crippen molar-refractivity contribution in [2.75, 3.05) is 24.6 Å². The summed E-state index contributed by atoms with van der Waals surface area (Å²) in [5, 5.41) is 31.9. The van der Waals surface area contributed by atoms with E-state index in [4.69, 9.17) is 4.74 Å². The van der Waals surface area contributed by atoms with Crippen molar-refractivity contribution in [2.45, 2.75) is 63.1 Å². The van der Waals surface area contributed by atoms with E-state index in [0.29, 0.717) is 11.9 Å². The number of hydrogen-bond donors (Lipinski definition) is 3. The van der Waals surface area contributed by atoms with Gasteiger partial charge in [-0.05, 0) is 50.7 Å². The summed E-state index contributed by atoms with van der Waals surface area (Å²) in [7, 11) is 0. The summed E-state index contributed by atoms with van der Waals surface area (Å²) in [6.45, 7) is 1.76. The number of rotatable bonds is 8. The first-order chi connectivity index (χ1) is 17.1. The predicted molar refractivity (Wildman–Crippen MR) is 126 cm³/mol. The highest BCUT2D eigenvalue weighted by Gasteiger charge is 2.44. The Morgan fingerprint density at radius 3 is 2.77 bits per heavy atom. The number of nitriles is 1. The largest absolute Gasteiger partial charge is 0.462 e. The van der Waals surface area contributed by atoms with Crippen molar-refractivity contribution in [3.8, 4) is 12.1 Å². The third-order valence-electron chi connectivity index (χ3n) is 7.48. The van der Waals surface area contributed by atoms with E-state index in [0.717, 1.165) is 74.8 Å². The predicted octanol–water partition coefficient (Wildman–Crippen LogP) is 2.34. The lowest BCUT2D eigenvalue weighted by molar-refractivity contribution is 0.0949. The molecule has 0 spiro atoms. The van der Waals surface area contributed by atoms with Gasteiger partial charge in [-0.15, -0.1) is 0 Å². The van der Waals surface area contributed by atoms with Gasteiger partial charge < -0.3 is 14.7 Å². The molecule has 1 atom stereocenters. The fraction of sp³-hybridized carbons (Fsp3) is 0.583. The quantitative estimate of drug-likeness (QED) is 0.414. The minimum Gasteiger partial charge on any atom is -0.462 e. The van der Waals surface area contributed by atoms with Crippen LogP contribution in [0.25, 0.3) is 11.0 Å². The number of piperidine rings is 1. The molecule has 6 rings (SSSR count). The lowest BCUT2D eigenvalue weighted by Gasteiger charge is -2.32. The Bertz CT molecular complexity index is 1240. The Balaban J connectivity index is 1.19. The molecule has 4 heterocycles. The van der Waals surface area contributed by atoms with E-state index in [1.165, 1.54) is 0 Å². The van der Waals surface area contributed by atoms with Crippen molar-refractivity contribution in [2.24, 2.45) is 5.41 Å². The molecule has 1 aliphatic heterocycles. The van der Waals surface area contributed by atoms with E-state index in [9.17, 15) is 10.4 Å². The van der Waals surface area contributed by atoms with Crippen LogP contribution in [0.5, 0.6) is 6.01 Å². The van der Waals surface area contributed by atoms with E-state index in [1.54, 1.807) is 6.20 Å². The second-order valence-corrected chi connectivity index (χ2v) is 9.93. The first-order valence-electron chi connectivity index (χ1n) is 12.4. The number of aromatic amines is 1. The molecule has 11 heteroatoms. The summed E-state index contributed by atoms with van der Waals surface area (Å²) in [6.07, 6.45) is 7.46. The number of pyridine rings is 1. The van der Waals surface area contributed by atoms with Crippen molar-refractivity contribution in [3.05, 3.63) is 29.8 Å². The number of fused-ring (bicyclic) bond motifs is 1. The average molecular weight is 476 g/mol. The Morgan fingerprint density at radius 1 is 1.23 bits per heavy atom. The highest BCUT2D eigenvalue weighted by atomic mass is 16.5. The molecule has 0 amide bonds. The van der Waals surface area contributed by atoms with Crippen molar-refractivity contribution in [3.63, 3.8) is 0 Å². The van der Waals surface area contributed by atoms with Gasteiger partial charge in [0.15, 0.2) is 17.7 Å². The number of aliphatic hydroxyl groups is 1. The number of ether oxygens (including phenoxy) is 1. The van der Waals surface area contributed by atoms with Gasteiger partial charge >= 0.3 is 6.01 Å². The number of H-pyrrole nitrogens is 1. The van der Waals surface area contributed by atoms with Crippen LogP contribution in [0, 0.1) is 16.7 Å². The van der Waals surface area contributed by atoms with Gasteiger partial charge in [-0.3, -0.25) is 10.4 Å². The summed E-state index contributed by atoms with van der Waals surface area (Å²) < 4.78 is 5.85. The zero-order valence-electron chi connectivity index (χ0n) is 19.5. The van der Waals surface area contributed by atoms with Gasteiger partial charge in [-0.25, -0.2) is 4.98 Å². The van der Waals surface area contributed by atoms with E-state index in [-0.39, 0.29) is 24.5 Å². The van der Waals surface area contributed by atoms with Crippen LogP contribution < -0.4 is 15.0 Å². The van der Waals surface area contributed by atoms with Crippen LogP contribution in [0.3, 0.4) is 0 Å². The molecule has 0 bridgehead atoms. The van der Waals surface area contributed by atoms with Gasteiger partial charge in [0.1, 0.15) is 6.61 Å². The molecule has 182 valence electrons. The van der Waals surface area contributed by atoms with Gasteiger partial charge in [0, 0.05) is 42.3 Å². The number of nitrogens with zero attached hydrogens (tertiary/aromatic N) is 7. The fourth-order valence-corrected chi connectivity index (χ4v) is 4.75. The van der Waals surface area contributed by atoms with Crippen LogP contribution in [0.2, 0.25) is 0 Å². The van der Waals surface area contributed by atoms with Crippen molar-refractivity contribution in [1.82, 2.24) is 35.5 Å². The van der Waals surface area contributed by atoms with Crippen molar-refractivity contribution >= 4 is 17.0 Å². The second kappa shape index (κ2) is 9.02. The highest BCUT2D eigenvalue weighted by molar-refractivity contribution is 5.77. The molecule has 0 aromatic carbocycles. The summed E-state index contributed by atoms with van der Waals surface area (Å²) >= 11 is 0. The zero-order chi connectivity index (χ0) is 23.8. The molecule has 2 aliphatic carbocycles. The van der Waals surface area contributed by atoms with Crippen LogP contribution in [0.1, 0.15) is 68.6 Å². The van der Waals surface area contributed by atoms with Crippen LogP contribution in [-0.4, -0.2) is 61.0 Å². The SMILES string of the molecule is N#CC1(COc2nc(C(O)NC3CCC3)nc(N3CCC(c4[nH]nc5ncccc45)CC3)n2)CC1. The summed E-state index contributed by atoms with van der Waals surface area (Å²) in [5.41, 5.74) is 1.43. The number of anilines is 1. The molecule has 3 N–H and O–H groups in total. The minimum absolute atomic E-state index is 0.161. The van der Waals surface area contributed by atoms with Gasteiger partial charge in [0.25, 0.3) is 0 Å². The first kappa shape index (κ1) is 22.1. The topological polar surface area (TPSA) is 149 Å². The standard InChI is InChI=1S/C24H29N9O2/c25-13-24(8-9-24)14-35-23-29-20(21(34)27-16-3-1-4-16)28-22(30-23)33-11-6-15(7-12-33)18-17-5-2-10-26-19(17)32-31-18/h2,5,10,15-16,21,27,34H,1,3-4,6-9,11-12,14H2,(H,26,31,32). The number of nitrogens with one attached hydrogen (secondary N) is 2. The third-order valence-corrected chi connectivity index (χ3v) is 7.48. The van der Waals surface area contributed by atoms with Crippen molar-refractivity contribution in [1.29, 1.82) is 5.26 Å². The molecule has 0 radical (unpaired) electrons. The first-order valence-corrected chi connectivity index (χ1v) is 12.4. The van der Waals surface area contributed by atoms with Gasteiger partial charge in [-0.2, -0.15) is 25.3 Å². The van der Waals surface area contributed by atoms with Crippen LogP contribution >= 0.6 is 0 Å². The lowest BCUT2D eigenvalue weighted by atomic mass is 9.92. The molecule has 11 nitrogen and oxygen atoms in total. The highest BCUT2D eigenvalue weighted by Crippen LogP contribution is 2.45. The molecule has 3 aromatic rings. The molecule has 3 fully saturated rings. The smallest absolute Gasteiger partial charge is 0.321 e. The normalized spacial score (nSPS) is 20.9. The summed E-state index contributed by atoms with van der Waals surface area (Å²) in [6, 6.07) is 6.76. The van der Waals surface area contributed by atoms with Crippen LogP contribution in [0.4, 0.5) is 5.95 Å². The van der Waals surface area contributed by atoms with Crippen LogP contribution in [0.15, 0.2) is 18.3 Å². The number of hydrogen-bond acceptors (Lipinski definition) is 10. The van der Waals surface area contributed by atoms with Crippen molar-refractivity contribution < 1.29 is 9.84 Å². The Kier molecular flexibility index (Phi) is 5.70.